The summed E-state index contributed by atoms with van der Waals surface area (Å²) >= 11 is 7.91. The first-order chi connectivity index (χ1) is 9.24. The number of amides is 1. The van der Waals surface area contributed by atoms with Crippen LogP contribution in [0.1, 0.15) is 30.9 Å². The average molecular weight is 297 g/mol. The lowest BCUT2D eigenvalue weighted by Gasteiger charge is -2.27. The van der Waals surface area contributed by atoms with E-state index in [0.717, 1.165) is 42.1 Å². The zero-order valence-electron chi connectivity index (χ0n) is 10.6. The molecular weight excluding hydrogens is 280 g/mol. The molecule has 1 fully saturated rings. The summed E-state index contributed by atoms with van der Waals surface area (Å²) in [6.07, 6.45) is 2.99. The van der Waals surface area contributed by atoms with Crippen LogP contribution in [0.5, 0.6) is 0 Å². The van der Waals surface area contributed by atoms with Gasteiger partial charge in [-0.2, -0.15) is 0 Å². The number of hydrogen-bond acceptors (Lipinski definition) is 3. The van der Waals surface area contributed by atoms with E-state index in [1.165, 1.54) is 4.90 Å². The quantitative estimate of drug-likeness (QED) is 0.882. The van der Waals surface area contributed by atoms with Crippen molar-refractivity contribution in [2.45, 2.75) is 36.2 Å². The molecule has 1 aromatic rings. The monoisotopic (exact) mass is 296 g/mol. The van der Waals surface area contributed by atoms with Crippen LogP contribution >= 0.6 is 23.4 Å². The van der Waals surface area contributed by atoms with Crippen molar-refractivity contribution in [3.8, 4) is 0 Å². The van der Waals surface area contributed by atoms with Crippen molar-refractivity contribution in [1.29, 1.82) is 0 Å². The Morgan fingerprint density at radius 3 is 3.11 bits per heavy atom. The van der Waals surface area contributed by atoms with E-state index in [0.29, 0.717) is 0 Å². The van der Waals surface area contributed by atoms with Crippen LogP contribution in [-0.2, 0) is 4.79 Å². The molecule has 2 heterocycles. The zero-order chi connectivity index (χ0) is 13.2. The molecular formula is C14H17ClN2OS. The second-order valence-corrected chi connectivity index (χ2v) is 6.60. The molecule has 3 nitrogen and oxygen atoms in total. The normalized spacial score (nSPS) is 25.9. The number of carbonyl (C=O) groups is 1. The van der Waals surface area contributed by atoms with Crippen molar-refractivity contribution < 1.29 is 4.79 Å². The van der Waals surface area contributed by atoms with Crippen molar-refractivity contribution in [3.63, 3.8) is 0 Å². The largest absolute Gasteiger partial charge is 0.348 e. The Morgan fingerprint density at radius 2 is 2.32 bits per heavy atom. The van der Waals surface area contributed by atoms with Crippen LogP contribution in [-0.4, -0.2) is 24.2 Å². The molecule has 0 bridgehead atoms. The SMILES string of the molecule is O=C(NC1CCSc2ccc(Cl)cc21)C1CCCN1. The predicted molar refractivity (Wildman–Crippen MR) is 78.7 cm³/mol. The van der Waals surface area contributed by atoms with Gasteiger partial charge in [0.15, 0.2) is 0 Å². The summed E-state index contributed by atoms with van der Waals surface area (Å²) in [4.78, 5) is 13.4. The molecule has 1 saturated heterocycles. The van der Waals surface area contributed by atoms with Crippen molar-refractivity contribution in [3.05, 3.63) is 28.8 Å². The van der Waals surface area contributed by atoms with Gasteiger partial charge in [-0.05, 0) is 49.6 Å². The van der Waals surface area contributed by atoms with Crippen LogP contribution in [0.15, 0.2) is 23.1 Å². The maximum atomic E-state index is 12.2. The summed E-state index contributed by atoms with van der Waals surface area (Å²) in [5.41, 5.74) is 1.16. The Hall–Kier alpha value is -0.710. The van der Waals surface area contributed by atoms with E-state index in [1.54, 1.807) is 0 Å². The smallest absolute Gasteiger partial charge is 0.237 e. The van der Waals surface area contributed by atoms with Crippen molar-refractivity contribution in [2.24, 2.45) is 0 Å². The van der Waals surface area contributed by atoms with Crippen LogP contribution in [0.25, 0.3) is 0 Å². The van der Waals surface area contributed by atoms with Gasteiger partial charge in [0.2, 0.25) is 5.91 Å². The average Bonchev–Trinajstić information content (AvgIpc) is 2.93. The Balaban J connectivity index is 1.75. The number of fused-ring (bicyclic) bond motifs is 1. The second-order valence-electron chi connectivity index (χ2n) is 5.03. The van der Waals surface area contributed by atoms with E-state index < -0.39 is 0 Å². The molecule has 5 heteroatoms. The molecule has 2 atom stereocenters. The third-order valence-electron chi connectivity index (χ3n) is 3.70. The third-order valence-corrected chi connectivity index (χ3v) is 5.06. The van der Waals surface area contributed by atoms with E-state index in [2.05, 4.69) is 16.7 Å². The molecule has 2 aliphatic heterocycles. The summed E-state index contributed by atoms with van der Waals surface area (Å²) in [5.74, 6) is 1.16. The highest BCUT2D eigenvalue weighted by Gasteiger charge is 2.27. The van der Waals surface area contributed by atoms with Gasteiger partial charge in [0.1, 0.15) is 0 Å². The first-order valence-corrected chi connectivity index (χ1v) is 8.06. The highest BCUT2D eigenvalue weighted by atomic mass is 35.5. The molecule has 19 heavy (non-hydrogen) atoms. The summed E-state index contributed by atoms with van der Waals surface area (Å²) < 4.78 is 0. The van der Waals surface area contributed by atoms with E-state index in [1.807, 2.05) is 23.9 Å². The number of benzene rings is 1. The molecule has 3 rings (SSSR count). The number of carbonyl (C=O) groups excluding carboxylic acids is 1. The van der Waals surface area contributed by atoms with Crippen molar-refractivity contribution in [2.75, 3.05) is 12.3 Å². The second kappa shape index (κ2) is 5.73. The highest BCUT2D eigenvalue weighted by molar-refractivity contribution is 7.99. The van der Waals surface area contributed by atoms with Gasteiger partial charge in [-0.25, -0.2) is 0 Å². The number of halogens is 1. The fourth-order valence-corrected chi connectivity index (χ4v) is 3.98. The minimum atomic E-state index is -0.0165. The van der Waals surface area contributed by atoms with E-state index in [-0.39, 0.29) is 18.0 Å². The molecule has 0 spiro atoms. The summed E-state index contributed by atoms with van der Waals surface area (Å²) in [6.45, 7) is 0.945. The van der Waals surface area contributed by atoms with Gasteiger partial charge >= 0.3 is 0 Å². The molecule has 2 N–H and O–H groups in total. The van der Waals surface area contributed by atoms with Crippen LogP contribution < -0.4 is 10.6 Å². The molecule has 0 saturated carbocycles. The molecule has 0 aromatic heterocycles. The molecule has 2 aliphatic rings. The minimum absolute atomic E-state index is 0.0165. The van der Waals surface area contributed by atoms with Gasteiger partial charge < -0.3 is 10.6 Å². The molecule has 0 aliphatic carbocycles. The Bertz CT molecular complexity index is 488. The van der Waals surface area contributed by atoms with E-state index in [4.69, 9.17) is 11.6 Å². The number of rotatable bonds is 2. The first-order valence-electron chi connectivity index (χ1n) is 6.70. The van der Waals surface area contributed by atoms with E-state index in [9.17, 15) is 4.79 Å². The lowest BCUT2D eigenvalue weighted by atomic mass is 10.0. The predicted octanol–water partition coefficient (Wildman–Crippen LogP) is 2.75. The standard InChI is InChI=1S/C14H17ClN2OS/c15-9-3-4-13-10(8-9)11(5-7-19-13)17-14(18)12-2-1-6-16-12/h3-4,8,11-12,16H,1-2,5-7H2,(H,17,18). The summed E-state index contributed by atoms with van der Waals surface area (Å²) in [5, 5.41) is 7.14. The molecule has 1 amide bonds. The topological polar surface area (TPSA) is 41.1 Å². The maximum absolute atomic E-state index is 12.2. The van der Waals surface area contributed by atoms with Gasteiger partial charge in [-0.15, -0.1) is 11.8 Å². The highest BCUT2D eigenvalue weighted by Crippen LogP contribution is 2.37. The fraction of sp³-hybridized carbons (Fsp3) is 0.500. The third kappa shape index (κ3) is 2.91. The van der Waals surface area contributed by atoms with E-state index >= 15 is 0 Å². The number of thioether (sulfide) groups is 1. The van der Waals surface area contributed by atoms with Crippen LogP contribution in [0.2, 0.25) is 5.02 Å². The number of nitrogens with one attached hydrogen (secondary N) is 2. The Morgan fingerprint density at radius 1 is 1.42 bits per heavy atom. The van der Waals surface area contributed by atoms with Gasteiger partial charge in [0.25, 0.3) is 0 Å². The summed E-state index contributed by atoms with van der Waals surface area (Å²) in [6, 6.07) is 6.03. The molecule has 2 unspecified atom stereocenters. The molecule has 0 radical (unpaired) electrons. The minimum Gasteiger partial charge on any atom is -0.348 e. The number of hydrogen-bond donors (Lipinski definition) is 2. The van der Waals surface area contributed by atoms with Gasteiger partial charge in [-0.1, -0.05) is 11.6 Å². The molecule has 1 aromatic carbocycles. The summed E-state index contributed by atoms with van der Waals surface area (Å²) in [7, 11) is 0. The van der Waals surface area contributed by atoms with Gasteiger partial charge in [0, 0.05) is 15.7 Å². The zero-order valence-corrected chi connectivity index (χ0v) is 12.2. The Kier molecular flexibility index (Phi) is 4.01. The van der Waals surface area contributed by atoms with Crippen LogP contribution in [0.3, 0.4) is 0 Å². The van der Waals surface area contributed by atoms with Gasteiger partial charge in [-0.3, -0.25) is 4.79 Å². The lowest BCUT2D eigenvalue weighted by molar-refractivity contribution is -0.123. The fourth-order valence-electron chi connectivity index (χ4n) is 2.70. The molecule has 102 valence electrons. The maximum Gasteiger partial charge on any atom is 0.237 e. The van der Waals surface area contributed by atoms with Crippen LogP contribution in [0, 0.1) is 0 Å². The van der Waals surface area contributed by atoms with Crippen molar-refractivity contribution >= 4 is 29.3 Å². The van der Waals surface area contributed by atoms with Crippen LogP contribution in [0.4, 0.5) is 0 Å². The lowest BCUT2D eigenvalue weighted by Crippen LogP contribution is -2.42. The van der Waals surface area contributed by atoms with Gasteiger partial charge in [0.05, 0.1) is 12.1 Å². The van der Waals surface area contributed by atoms with Crippen molar-refractivity contribution in [1.82, 2.24) is 10.6 Å². The first kappa shape index (κ1) is 13.3. The Labute approximate surface area is 122 Å².